The third kappa shape index (κ3) is 2.24. The van der Waals surface area contributed by atoms with Crippen molar-refractivity contribution in [2.75, 3.05) is 17.3 Å². The Labute approximate surface area is 100 Å². The lowest BCUT2D eigenvalue weighted by atomic mass is 9.98. The Hall–Kier alpha value is -0.180. The van der Waals surface area contributed by atoms with Crippen LogP contribution in [0.2, 0.25) is 0 Å². The van der Waals surface area contributed by atoms with Gasteiger partial charge in [0.1, 0.15) is 17.6 Å². The first-order valence-electron chi connectivity index (χ1n) is 6.65. The van der Waals surface area contributed by atoms with Gasteiger partial charge in [-0.2, -0.15) is 0 Å². The van der Waals surface area contributed by atoms with Crippen LogP contribution in [0.25, 0.3) is 0 Å². The average molecular weight is 241 g/mol. The molecule has 0 N–H and O–H groups in total. The number of esters is 1. The maximum Gasteiger partial charge on any atom is 0.356 e. The minimum atomic E-state index is 0.0998. The summed E-state index contributed by atoms with van der Waals surface area (Å²) in [4.78, 5) is 11.8. The van der Waals surface area contributed by atoms with Gasteiger partial charge in [-0.1, -0.05) is 0 Å². The number of fused-ring (bicyclic) bond motifs is 2. The Morgan fingerprint density at radius 3 is 2.62 bits per heavy atom. The van der Waals surface area contributed by atoms with Gasteiger partial charge >= 0.3 is 5.97 Å². The molecule has 2 nitrogen and oxygen atoms in total. The molecule has 3 fully saturated rings. The quantitative estimate of drug-likeness (QED) is 0.559. The molecule has 1 saturated heterocycles. The van der Waals surface area contributed by atoms with Crippen LogP contribution in [0, 0.1) is 11.8 Å². The molecule has 3 unspecified atom stereocenters. The Kier molecular flexibility index (Phi) is 3.14. The van der Waals surface area contributed by atoms with E-state index in [2.05, 4.69) is 0 Å². The second kappa shape index (κ2) is 4.59. The molecule has 0 aromatic heterocycles. The zero-order valence-electron chi connectivity index (χ0n) is 9.82. The predicted octanol–water partition coefficient (Wildman–Crippen LogP) is 2.13. The number of hydrogen-bond acceptors (Lipinski definition) is 2. The molecule has 0 spiro atoms. The number of ether oxygens (including phenoxy) is 1. The Morgan fingerprint density at radius 1 is 1.19 bits per heavy atom. The smallest absolute Gasteiger partial charge is 0.356 e. The molecule has 0 aromatic rings. The highest BCUT2D eigenvalue weighted by atomic mass is 32.2. The van der Waals surface area contributed by atoms with Gasteiger partial charge in [-0.25, -0.2) is 4.79 Å². The summed E-state index contributed by atoms with van der Waals surface area (Å²) in [5.74, 6) is 4.94. The maximum atomic E-state index is 11.8. The fraction of sp³-hybridized carbons (Fsp3) is 0.923. The molecule has 0 radical (unpaired) electrons. The first-order valence-corrected chi connectivity index (χ1v) is 8.38. The van der Waals surface area contributed by atoms with Crippen molar-refractivity contribution >= 4 is 16.9 Å². The third-order valence-corrected chi connectivity index (χ3v) is 6.77. The predicted molar refractivity (Wildman–Crippen MR) is 66.5 cm³/mol. The van der Waals surface area contributed by atoms with E-state index in [0.29, 0.717) is 22.6 Å². The van der Waals surface area contributed by atoms with Gasteiger partial charge in [-0.15, -0.1) is 0 Å². The molecule has 2 saturated carbocycles. The molecule has 0 amide bonds. The number of hydrogen-bond donors (Lipinski definition) is 0. The van der Waals surface area contributed by atoms with E-state index in [4.69, 9.17) is 4.74 Å². The summed E-state index contributed by atoms with van der Waals surface area (Å²) in [6.45, 7) is 0. The Bertz CT molecular complexity index is 273. The SMILES string of the molecule is O=C(C[S+]1CCCC1)OC1CC2CCC1C2. The van der Waals surface area contributed by atoms with Crippen LogP contribution < -0.4 is 0 Å². The molecule has 1 heterocycles. The van der Waals surface area contributed by atoms with Crippen molar-refractivity contribution in [1.82, 2.24) is 0 Å². The van der Waals surface area contributed by atoms with E-state index in [9.17, 15) is 4.79 Å². The highest BCUT2D eigenvalue weighted by Crippen LogP contribution is 2.45. The van der Waals surface area contributed by atoms with Crippen LogP contribution in [-0.2, 0) is 20.4 Å². The Morgan fingerprint density at radius 2 is 2.00 bits per heavy atom. The van der Waals surface area contributed by atoms with Gasteiger partial charge in [0.15, 0.2) is 0 Å². The van der Waals surface area contributed by atoms with Crippen molar-refractivity contribution in [3.8, 4) is 0 Å². The standard InChI is InChI=1S/C13H21O2S/c14-13(9-16-5-1-2-6-16)15-12-8-10-3-4-11(12)7-10/h10-12H,1-9H2/q+1. The highest BCUT2D eigenvalue weighted by Gasteiger charge is 2.42. The minimum Gasteiger partial charge on any atom is -0.459 e. The van der Waals surface area contributed by atoms with Gasteiger partial charge < -0.3 is 4.74 Å². The lowest BCUT2D eigenvalue weighted by Crippen LogP contribution is -2.28. The van der Waals surface area contributed by atoms with E-state index in [1.807, 2.05) is 0 Å². The molecule has 1 aliphatic heterocycles. The lowest BCUT2D eigenvalue weighted by molar-refractivity contribution is -0.148. The van der Waals surface area contributed by atoms with Gasteiger partial charge in [0.2, 0.25) is 5.75 Å². The zero-order chi connectivity index (χ0) is 11.0. The molecule has 2 bridgehead atoms. The monoisotopic (exact) mass is 241 g/mol. The number of carbonyl (C=O) groups is 1. The molecule has 0 aromatic carbocycles. The fourth-order valence-corrected chi connectivity index (χ4v) is 5.68. The van der Waals surface area contributed by atoms with Crippen LogP contribution in [0.3, 0.4) is 0 Å². The molecule has 3 aliphatic rings. The topological polar surface area (TPSA) is 26.3 Å². The summed E-state index contributed by atoms with van der Waals surface area (Å²) < 4.78 is 5.68. The second-order valence-corrected chi connectivity index (χ2v) is 7.91. The summed E-state index contributed by atoms with van der Waals surface area (Å²) in [6, 6.07) is 0. The van der Waals surface area contributed by atoms with Crippen molar-refractivity contribution < 1.29 is 9.53 Å². The summed E-state index contributed by atoms with van der Waals surface area (Å²) in [6.07, 6.45) is 8.10. The summed E-state index contributed by atoms with van der Waals surface area (Å²) in [5, 5.41) is 0. The van der Waals surface area contributed by atoms with Crippen molar-refractivity contribution in [2.24, 2.45) is 11.8 Å². The van der Waals surface area contributed by atoms with Gasteiger partial charge in [-0.05, 0) is 61.3 Å². The van der Waals surface area contributed by atoms with E-state index in [-0.39, 0.29) is 12.1 Å². The van der Waals surface area contributed by atoms with E-state index in [1.165, 1.54) is 43.6 Å². The average Bonchev–Trinajstić information content (AvgIpc) is 2.92. The van der Waals surface area contributed by atoms with Crippen molar-refractivity contribution in [3.05, 3.63) is 0 Å². The van der Waals surface area contributed by atoms with E-state index < -0.39 is 0 Å². The molecule has 3 atom stereocenters. The summed E-state index contributed by atoms with van der Waals surface area (Å²) in [7, 11) is 0.366. The van der Waals surface area contributed by atoms with Crippen LogP contribution in [0.15, 0.2) is 0 Å². The van der Waals surface area contributed by atoms with E-state index in [1.54, 1.807) is 0 Å². The largest absolute Gasteiger partial charge is 0.459 e. The van der Waals surface area contributed by atoms with Crippen LogP contribution in [0.4, 0.5) is 0 Å². The van der Waals surface area contributed by atoms with Gasteiger partial charge in [0.05, 0.1) is 0 Å². The third-order valence-electron chi connectivity index (χ3n) is 4.39. The van der Waals surface area contributed by atoms with Crippen LogP contribution in [0.5, 0.6) is 0 Å². The van der Waals surface area contributed by atoms with Crippen molar-refractivity contribution in [3.63, 3.8) is 0 Å². The molecular formula is C13H21O2S+. The first-order chi connectivity index (χ1) is 7.81. The molecule has 2 aliphatic carbocycles. The van der Waals surface area contributed by atoms with Gasteiger partial charge in [0, 0.05) is 0 Å². The van der Waals surface area contributed by atoms with Crippen molar-refractivity contribution in [2.45, 2.75) is 44.6 Å². The maximum absolute atomic E-state index is 11.8. The van der Waals surface area contributed by atoms with Crippen molar-refractivity contribution in [1.29, 1.82) is 0 Å². The van der Waals surface area contributed by atoms with Gasteiger partial charge in [-0.3, -0.25) is 0 Å². The highest BCUT2D eigenvalue weighted by molar-refractivity contribution is 7.97. The number of rotatable bonds is 3. The lowest BCUT2D eigenvalue weighted by Gasteiger charge is -2.21. The summed E-state index contributed by atoms with van der Waals surface area (Å²) in [5.41, 5.74) is 0. The summed E-state index contributed by atoms with van der Waals surface area (Å²) >= 11 is 0. The first kappa shape index (κ1) is 10.9. The Balaban J connectivity index is 1.45. The van der Waals surface area contributed by atoms with Crippen LogP contribution in [0.1, 0.15) is 38.5 Å². The van der Waals surface area contributed by atoms with E-state index >= 15 is 0 Å². The fourth-order valence-electron chi connectivity index (χ4n) is 3.56. The van der Waals surface area contributed by atoms with Crippen LogP contribution in [-0.4, -0.2) is 29.3 Å². The second-order valence-electron chi connectivity index (χ2n) is 5.58. The van der Waals surface area contributed by atoms with E-state index in [0.717, 1.165) is 12.3 Å². The normalized spacial score (nSPS) is 38.1. The molecule has 16 heavy (non-hydrogen) atoms. The number of carbonyl (C=O) groups excluding carboxylic acids is 1. The zero-order valence-corrected chi connectivity index (χ0v) is 10.6. The van der Waals surface area contributed by atoms with Gasteiger partial charge in [0.25, 0.3) is 0 Å². The molecule has 90 valence electrons. The molecule has 3 rings (SSSR count). The molecular weight excluding hydrogens is 220 g/mol. The minimum absolute atomic E-state index is 0.0998. The van der Waals surface area contributed by atoms with Crippen LogP contribution >= 0.6 is 0 Å². The molecule has 3 heteroatoms.